The molecular formula is C17H24Cl2N4O. The van der Waals surface area contributed by atoms with Crippen molar-refractivity contribution in [2.75, 3.05) is 5.32 Å². The van der Waals surface area contributed by atoms with Crippen LogP contribution in [-0.4, -0.2) is 21.4 Å². The number of aromatic nitrogens is 2. The number of amides is 1. The van der Waals surface area contributed by atoms with Gasteiger partial charge in [0.05, 0.1) is 16.6 Å². The van der Waals surface area contributed by atoms with Crippen molar-refractivity contribution in [2.45, 2.75) is 56.4 Å². The summed E-state index contributed by atoms with van der Waals surface area (Å²) in [6.07, 6.45) is 7.36. The lowest BCUT2D eigenvalue weighted by molar-refractivity contribution is -0.121. The van der Waals surface area contributed by atoms with Gasteiger partial charge in [-0.2, -0.15) is 0 Å². The van der Waals surface area contributed by atoms with Crippen LogP contribution in [0.3, 0.4) is 0 Å². The van der Waals surface area contributed by atoms with Crippen LogP contribution in [0.25, 0.3) is 11.0 Å². The van der Waals surface area contributed by atoms with Crippen LogP contribution in [0.15, 0.2) is 18.2 Å². The number of nitrogens with one attached hydrogen (secondary N) is 2. The Balaban J connectivity index is 0.00000104. The largest absolute Gasteiger partial charge is 0.342 e. The van der Waals surface area contributed by atoms with Crippen LogP contribution in [0.4, 0.5) is 5.69 Å². The molecule has 0 atom stereocenters. The molecule has 0 radical (unpaired) electrons. The predicted octanol–water partition coefficient (Wildman–Crippen LogP) is 3.88. The topological polar surface area (TPSA) is 83.8 Å². The highest BCUT2D eigenvalue weighted by atomic mass is 35.5. The lowest BCUT2D eigenvalue weighted by atomic mass is 9.85. The Morgan fingerprint density at radius 1 is 1.21 bits per heavy atom. The molecule has 1 aromatic heterocycles. The molecule has 5 nitrogen and oxygen atoms in total. The number of carbonyl (C=O) groups excluding carboxylic acids is 1. The number of fused-ring (bicyclic) bond motifs is 1. The summed E-state index contributed by atoms with van der Waals surface area (Å²) >= 11 is 0. The van der Waals surface area contributed by atoms with Gasteiger partial charge in [-0.1, -0.05) is 19.3 Å². The van der Waals surface area contributed by atoms with E-state index in [1.54, 1.807) is 0 Å². The molecule has 4 rings (SSSR count). The average Bonchev–Trinajstić information content (AvgIpc) is 3.03. The Morgan fingerprint density at radius 2 is 1.92 bits per heavy atom. The second kappa shape index (κ2) is 7.30. The molecule has 0 saturated heterocycles. The number of H-pyrrole nitrogens is 1. The van der Waals surface area contributed by atoms with Crippen LogP contribution >= 0.6 is 24.8 Å². The first-order valence-corrected chi connectivity index (χ1v) is 8.24. The second-order valence-electron chi connectivity index (χ2n) is 6.80. The summed E-state index contributed by atoms with van der Waals surface area (Å²) in [5.74, 6) is 1.59. The summed E-state index contributed by atoms with van der Waals surface area (Å²) in [5.41, 5.74) is 8.24. The number of aromatic amines is 1. The van der Waals surface area contributed by atoms with Gasteiger partial charge >= 0.3 is 0 Å². The van der Waals surface area contributed by atoms with Gasteiger partial charge in [0.15, 0.2) is 0 Å². The van der Waals surface area contributed by atoms with E-state index < -0.39 is 5.54 Å². The second-order valence-corrected chi connectivity index (χ2v) is 6.80. The lowest BCUT2D eigenvalue weighted by Crippen LogP contribution is -2.48. The van der Waals surface area contributed by atoms with Crippen LogP contribution in [-0.2, 0) is 4.79 Å². The van der Waals surface area contributed by atoms with Gasteiger partial charge in [0.1, 0.15) is 5.82 Å². The maximum Gasteiger partial charge on any atom is 0.244 e. The average molecular weight is 371 g/mol. The molecular weight excluding hydrogens is 347 g/mol. The van der Waals surface area contributed by atoms with Crippen molar-refractivity contribution in [2.24, 2.45) is 5.73 Å². The van der Waals surface area contributed by atoms with Crippen molar-refractivity contribution in [3.63, 3.8) is 0 Å². The Kier molecular flexibility index (Phi) is 5.78. The highest BCUT2D eigenvalue weighted by Crippen LogP contribution is 2.35. The third-order valence-electron chi connectivity index (χ3n) is 5.20. The fourth-order valence-electron chi connectivity index (χ4n) is 3.47. The number of rotatable bonds is 3. The number of imidazole rings is 1. The molecule has 0 bridgehead atoms. The molecule has 24 heavy (non-hydrogen) atoms. The van der Waals surface area contributed by atoms with E-state index in [-0.39, 0.29) is 30.7 Å². The molecule has 0 spiro atoms. The quantitative estimate of drug-likeness (QED) is 0.766. The van der Waals surface area contributed by atoms with E-state index in [1.807, 2.05) is 18.2 Å². The first-order chi connectivity index (χ1) is 10.6. The highest BCUT2D eigenvalue weighted by molar-refractivity contribution is 5.99. The molecule has 2 aromatic rings. The van der Waals surface area contributed by atoms with Crippen LogP contribution in [0.2, 0.25) is 0 Å². The number of benzene rings is 1. The smallest absolute Gasteiger partial charge is 0.244 e. The van der Waals surface area contributed by atoms with Crippen molar-refractivity contribution in [1.29, 1.82) is 0 Å². The van der Waals surface area contributed by atoms with E-state index in [0.717, 1.165) is 48.2 Å². The van der Waals surface area contributed by atoms with E-state index >= 15 is 0 Å². The van der Waals surface area contributed by atoms with Gasteiger partial charge in [-0.15, -0.1) is 24.8 Å². The maximum atomic E-state index is 12.4. The van der Waals surface area contributed by atoms with Crippen molar-refractivity contribution >= 4 is 47.4 Å². The minimum atomic E-state index is -0.694. The highest BCUT2D eigenvalue weighted by Gasteiger charge is 2.37. The number of nitrogens with zero attached hydrogens (tertiary/aromatic N) is 1. The molecule has 1 amide bonds. The Morgan fingerprint density at radius 3 is 2.54 bits per heavy atom. The number of halogens is 2. The first kappa shape index (κ1) is 19.0. The van der Waals surface area contributed by atoms with Gasteiger partial charge in [-0.05, 0) is 43.9 Å². The molecule has 0 unspecified atom stereocenters. The zero-order valence-electron chi connectivity index (χ0n) is 13.5. The van der Waals surface area contributed by atoms with Gasteiger partial charge in [0, 0.05) is 11.6 Å². The fourth-order valence-corrected chi connectivity index (χ4v) is 3.47. The molecule has 7 heteroatoms. The summed E-state index contributed by atoms with van der Waals surface area (Å²) in [6, 6.07) is 5.83. The Labute approximate surface area is 154 Å². The van der Waals surface area contributed by atoms with E-state index in [0.29, 0.717) is 5.92 Å². The number of anilines is 1. The van der Waals surface area contributed by atoms with Crippen LogP contribution < -0.4 is 11.1 Å². The number of hydrogen-bond donors (Lipinski definition) is 3. The molecule has 132 valence electrons. The third kappa shape index (κ3) is 3.39. The molecule has 4 N–H and O–H groups in total. The molecule has 1 heterocycles. The van der Waals surface area contributed by atoms with Crippen molar-refractivity contribution in [3.05, 3.63) is 24.0 Å². The monoisotopic (exact) mass is 370 g/mol. The SMILES string of the molecule is Cl.Cl.NC1(C(=O)Nc2ccc3nc(C4CCC4)[nH]c3c2)CCCC1. The number of hydrogen-bond acceptors (Lipinski definition) is 3. The van der Waals surface area contributed by atoms with E-state index in [2.05, 4.69) is 15.3 Å². The standard InChI is InChI=1S/C17H22N4O.2ClH/c18-17(8-1-2-9-17)16(22)19-12-6-7-13-14(10-12)21-15(20-13)11-4-3-5-11;;/h6-7,10-11H,1-5,8-9,18H2,(H,19,22)(H,20,21);2*1H. The van der Waals surface area contributed by atoms with E-state index in [1.165, 1.54) is 19.3 Å². The van der Waals surface area contributed by atoms with Crippen LogP contribution in [0.1, 0.15) is 56.7 Å². The minimum Gasteiger partial charge on any atom is -0.342 e. The summed E-state index contributed by atoms with van der Waals surface area (Å²) in [4.78, 5) is 20.4. The fraction of sp³-hybridized carbons (Fsp3) is 0.529. The molecule has 2 fully saturated rings. The summed E-state index contributed by atoms with van der Waals surface area (Å²) in [5, 5.41) is 2.97. The van der Waals surface area contributed by atoms with Crippen molar-refractivity contribution in [1.82, 2.24) is 9.97 Å². The number of carbonyl (C=O) groups is 1. The van der Waals surface area contributed by atoms with Crippen molar-refractivity contribution in [3.8, 4) is 0 Å². The van der Waals surface area contributed by atoms with Crippen molar-refractivity contribution < 1.29 is 4.79 Å². The van der Waals surface area contributed by atoms with Gasteiger partial charge in [-0.25, -0.2) is 4.98 Å². The molecule has 2 aliphatic rings. The first-order valence-electron chi connectivity index (χ1n) is 8.24. The van der Waals surface area contributed by atoms with Gasteiger partial charge < -0.3 is 16.0 Å². The zero-order chi connectivity index (χ0) is 15.2. The molecule has 2 saturated carbocycles. The predicted molar refractivity (Wildman–Crippen MR) is 101 cm³/mol. The minimum absolute atomic E-state index is 0. The van der Waals surface area contributed by atoms with Crippen LogP contribution in [0, 0.1) is 0 Å². The van der Waals surface area contributed by atoms with Gasteiger partial charge in [0.25, 0.3) is 0 Å². The maximum absolute atomic E-state index is 12.4. The van der Waals surface area contributed by atoms with E-state index in [4.69, 9.17) is 5.73 Å². The molecule has 1 aromatic carbocycles. The summed E-state index contributed by atoms with van der Waals surface area (Å²) in [7, 11) is 0. The van der Waals surface area contributed by atoms with E-state index in [9.17, 15) is 4.79 Å². The number of nitrogens with two attached hydrogens (primary N) is 1. The molecule has 2 aliphatic carbocycles. The summed E-state index contributed by atoms with van der Waals surface area (Å²) < 4.78 is 0. The van der Waals surface area contributed by atoms with Gasteiger partial charge in [-0.3, -0.25) is 4.79 Å². The Hall–Kier alpha value is -1.30. The Bertz CT molecular complexity index is 720. The molecule has 0 aliphatic heterocycles. The lowest BCUT2D eigenvalue weighted by Gasteiger charge is -2.22. The normalized spacial score (nSPS) is 19.2. The summed E-state index contributed by atoms with van der Waals surface area (Å²) in [6.45, 7) is 0. The van der Waals surface area contributed by atoms with Gasteiger partial charge in [0.2, 0.25) is 5.91 Å². The zero-order valence-corrected chi connectivity index (χ0v) is 15.1. The van der Waals surface area contributed by atoms with Crippen LogP contribution in [0.5, 0.6) is 0 Å². The third-order valence-corrected chi connectivity index (χ3v) is 5.20.